The van der Waals surface area contributed by atoms with Crippen LogP contribution in [-0.4, -0.2) is 17.1 Å². The predicted molar refractivity (Wildman–Crippen MR) is 68.8 cm³/mol. The van der Waals surface area contributed by atoms with Gasteiger partial charge in [0.2, 0.25) is 0 Å². The van der Waals surface area contributed by atoms with E-state index < -0.39 is 0 Å². The molecule has 0 bridgehead atoms. The molecule has 0 fully saturated rings. The molecule has 2 aromatic rings. The number of hydrazine groups is 1. The Morgan fingerprint density at radius 1 is 1.28 bits per heavy atom. The van der Waals surface area contributed by atoms with E-state index in [0.717, 1.165) is 23.3 Å². The van der Waals surface area contributed by atoms with Crippen molar-refractivity contribution in [2.75, 3.05) is 7.11 Å². The van der Waals surface area contributed by atoms with Crippen LogP contribution in [0.25, 0.3) is 0 Å². The quantitative estimate of drug-likeness (QED) is 0.611. The highest BCUT2D eigenvalue weighted by atomic mass is 16.5. The largest absolute Gasteiger partial charge is 0.495 e. The second kappa shape index (κ2) is 6.09. The SMILES string of the molecule is COc1cncc(C(Cc2ccncc2)NN)c1. The number of rotatable bonds is 5. The van der Waals surface area contributed by atoms with E-state index >= 15 is 0 Å². The second-order valence-electron chi connectivity index (χ2n) is 3.94. The fourth-order valence-electron chi connectivity index (χ4n) is 1.77. The molecule has 1 unspecified atom stereocenters. The number of hydrogen-bond acceptors (Lipinski definition) is 5. The van der Waals surface area contributed by atoms with Crippen molar-refractivity contribution in [1.29, 1.82) is 0 Å². The zero-order chi connectivity index (χ0) is 12.8. The van der Waals surface area contributed by atoms with Crippen molar-refractivity contribution >= 4 is 0 Å². The first-order valence-electron chi connectivity index (χ1n) is 5.67. The summed E-state index contributed by atoms with van der Waals surface area (Å²) in [5.74, 6) is 6.33. The summed E-state index contributed by atoms with van der Waals surface area (Å²) >= 11 is 0. The molecule has 5 heteroatoms. The van der Waals surface area contributed by atoms with Crippen molar-refractivity contribution in [2.24, 2.45) is 5.84 Å². The van der Waals surface area contributed by atoms with E-state index in [4.69, 9.17) is 10.6 Å². The number of nitrogens with one attached hydrogen (secondary N) is 1. The Morgan fingerprint density at radius 3 is 2.72 bits per heavy atom. The Bertz CT molecular complexity index is 489. The van der Waals surface area contributed by atoms with E-state index in [1.165, 1.54) is 0 Å². The molecule has 0 saturated carbocycles. The summed E-state index contributed by atoms with van der Waals surface area (Å²) in [4.78, 5) is 8.13. The molecule has 0 spiro atoms. The molecule has 0 amide bonds. The Hall–Kier alpha value is -1.98. The number of hydrogen-bond donors (Lipinski definition) is 2. The monoisotopic (exact) mass is 244 g/mol. The minimum Gasteiger partial charge on any atom is -0.495 e. The number of methoxy groups -OCH3 is 1. The normalized spacial score (nSPS) is 12.1. The van der Waals surface area contributed by atoms with Gasteiger partial charge in [-0.2, -0.15) is 0 Å². The van der Waals surface area contributed by atoms with Crippen LogP contribution in [0.5, 0.6) is 5.75 Å². The lowest BCUT2D eigenvalue weighted by atomic mass is 10.0. The summed E-state index contributed by atoms with van der Waals surface area (Å²) in [6, 6.07) is 5.87. The van der Waals surface area contributed by atoms with Gasteiger partial charge in [-0.05, 0) is 35.7 Å². The van der Waals surface area contributed by atoms with E-state index in [-0.39, 0.29) is 6.04 Å². The summed E-state index contributed by atoms with van der Waals surface area (Å²) in [6.45, 7) is 0. The van der Waals surface area contributed by atoms with Crippen LogP contribution in [0.2, 0.25) is 0 Å². The molecule has 1 atom stereocenters. The Kier molecular flexibility index (Phi) is 4.22. The first-order chi connectivity index (χ1) is 8.83. The summed E-state index contributed by atoms with van der Waals surface area (Å²) in [5, 5.41) is 0. The lowest BCUT2D eigenvalue weighted by Crippen LogP contribution is -2.29. The molecule has 0 radical (unpaired) electrons. The lowest BCUT2D eigenvalue weighted by Gasteiger charge is -2.16. The van der Waals surface area contributed by atoms with Gasteiger partial charge >= 0.3 is 0 Å². The minimum atomic E-state index is -0.00463. The van der Waals surface area contributed by atoms with Crippen LogP contribution < -0.4 is 16.0 Å². The second-order valence-corrected chi connectivity index (χ2v) is 3.94. The first kappa shape index (κ1) is 12.5. The molecule has 2 rings (SSSR count). The smallest absolute Gasteiger partial charge is 0.137 e. The van der Waals surface area contributed by atoms with Gasteiger partial charge in [0.1, 0.15) is 5.75 Å². The van der Waals surface area contributed by atoms with Gasteiger partial charge in [-0.3, -0.25) is 21.2 Å². The van der Waals surface area contributed by atoms with E-state index in [0.29, 0.717) is 0 Å². The average Bonchev–Trinajstić information content (AvgIpc) is 2.46. The molecule has 0 aliphatic rings. The average molecular weight is 244 g/mol. The fourth-order valence-corrected chi connectivity index (χ4v) is 1.77. The first-order valence-corrected chi connectivity index (χ1v) is 5.67. The molecule has 0 aliphatic heterocycles. The van der Waals surface area contributed by atoms with Crippen LogP contribution in [0.15, 0.2) is 43.0 Å². The molecule has 2 aromatic heterocycles. The number of nitrogens with two attached hydrogens (primary N) is 1. The number of pyridine rings is 2. The highest BCUT2D eigenvalue weighted by molar-refractivity contribution is 5.27. The van der Waals surface area contributed by atoms with Gasteiger partial charge in [-0.1, -0.05) is 0 Å². The summed E-state index contributed by atoms with van der Waals surface area (Å²) in [6.07, 6.45) is 7.77. The molecule has 94 valence electrons. The van der Waals surface area contributed by atoms with Gasteiger partial charge in [-0.25, -0.2) is 0 Å². The van der Waals surface area contributed by atoms with Gasteiger partial charge in [-0.15, -0.1) is 0 Å². The Labute approximate surface area is 106 Å². The van der Waals surface area contributed by atoms with Crippen LogP contribution in [0.3, 0.4) is 0 Å². The highest BCUT2D eigenvalue weighted by Crippen LogP contribution is 2.20. The van der Waals surface area contributed by atoms with E-state index in [2.05, 4.69) is 15.4 Å². The molecule has 0 aliphatic carbocycles. The molecule has 5 nitrogen and oxygen atoms in total. The Balaban J connectivity index is 2.17. The third-order valence-electron chi connectivity index (χ3n) is 2.76. The van der Waals surface area contributed by atoms with Gasteiger partial charge in [0, 0.05) is 18.6 Å². The molecule has 18 heavy (non-hydrogen) atoms. The van der Waals surface area contributed by atoms with E-state index in [9.17, 15) is 0 Å². The van der Waals surface area contributed by atoms with Crippen molar-refractivity contribution in [3.63, 3.8) is 0 Å². The van der Waals surface area contributed by atoms with Gasteiger partial charge in [0.15, 0.2) is 0 Å². The van der Waals surface area contributed by atoms with E-state index in [1.54, 1.807) is 31.9 Å². The molecule has 3 N–H and O–H groups in total. The molecular formula is C13H16N4O. The third-order valence-corrected chi connectivity index (χ3v) is 2.76. The van der Waals surface area contributed by atoms with Crippen molar-refractivity contribution in [3.05, 3.63) is 54.1 Å². The molecule has 2 heterocycles. The van der Waals surface area contributed by atoms with E-state index in [1.807, 2.05) is 18.2 Å². The van der Waals surface area contributed by atoms with Crippen LogP contribution in [-0.2, 0) is 6.42 Å². The maximum Gasteiger partial charge on any atom is 0.137 e. The molecule has 0 aromatic carbocycles. The summed E-state index contributed by atoms with van der Waals surface area (Å²) in [5.41, 5.74) is 4.96. The van der Waals surface area contributed by atoms with Crippen LogP contribution >= 0.6 is 0 Å². The Morgan fingerprint density at radius 2 is 2.06 bits per heavy atom. The maximum absolute atomic E-state index is 5.61. The van der Waals surface area contributed by atoms with Crippen molar-refractivity contribution < 1.29 is 4.74 Å². The van der Waals surface area contributed by atoms with Crippen molar-refractivity contribution in [3.8, 4) is 5.75 Å². The highest BCUT2D eigenvalue weighted by Gasteiger charge is 2.11. The number of nitrogens with zero attached hydrogens (tertiary/aromatic N) is 2. The molecule has 0 saturated heterocycles. The number of aromatic nitrogens is 2. The van der Waals surface area contributed by atoms with Crippen LogP contribution in [0.4, 0.5) is 0 Å². The zero-order valence-electron chi connectivity index (χ0n) is 10.2. The topological polar surface area (TPSA) is 73.1 Å². The fraction of sp³-hybridized carbons (Fsp3) is 0.231. The minimum absolute atomic E-state index is 0.00463. The molecular weight excluding hydrogens is 228 g/mol. The standard InChI is InChI=1S/C13H16N4O/c1-18-12-7-11(8-16-9-12)13(17-14)6-10-2-4-15-5-3-10/h2-5,7-9,13,17H,6,14H2,1H3. The third kappa shape index (κ3) is 3.03. The lowest BCUT2D eigenvalue weighted by molar-refractivity contribution is 0.410. The van der Waals surface area contributed by atoms with Crippen LogP contribution in [0, 0.1) is 0 Å². The van der Waals surface area contributed by atoms with Gasteiger partial charge < -0.3 is 4.74 Å². The summed E-state index contributed by atoms with van der Waals surface area (Å²) < 4.78 is 5.16. The number of ether oxygens (including phenoxy) is 1. The van der Waals surface area contributed by atoms with Gasteiger partial charge in [0.25, 0.3) is 0 Å². The van der Waals surface area contributed by atoms with Crippen LogP contribution in [0.1, 0.15) is 17.2 Å². The zero-order valence-corrected chi connectivity index (χ0v) is 10.2. The van der Waals surface area contributed by atoms with Crippen molar-refractivity contribution in [2.45, 2.75) is 12.5 Å². The maximum atomic E-state index is 5.61. The summed E-state index contributed by atoms with van der Waals surface area (Å²) in [7, 11) is 1.62. The van der Waals surface area contributed by atoms with Crippen molar-refractivity contribution in [1.82, 2.24) is 15.4 Å². The van der Waals surface area contributed by atoms with Gasteiger partial charge in [0.05, 0.1) is 19.3 Å². The predicted octanol–water partition coefficient (Wildman–Crippen LogP) is 1.23.